The zero-order valence-electron chi connectivity index (χ0n) is 42.8. The van der Waals surface area contributed by atoms with Crippen molar-refractivity contribution in [2.24, 2.45) is 5.41 Å². The summed E-state index contributed by atoms with van der Waals surface area (Å²) in [6, 6.07) is 58.2. The zero-order valence-corrected chi connectivity index (χ0v) is 42.8. The van der Waals surface area contributed by atoms with Crippen LogP contribution in [0.3, 0.4) is 0 Å². The third-order valence-corrected chi connectivity index (χ3v) is 15.0. The Morgan fingerprint density at radius 3 is 1.29 bits per heavy atom. The van der Waals surface area contributed by atoms with Crippen molar-refractivity contribution in [3.63, 3.8) is 0 Å². The molecule has 0 aliphatic heterocycles. The second-order valence-corrected chi connectivity index (χ2v) is 23.9. The smallest absolute Gasteiger partial charge is 0.0640 e. The number of benzene rings is 8. The van der Waals surface area contributed by atoms with Gasteiger partial charge in [0.15, 0.2) is 0 Å². The van der Waals surface area contributed by atoms with Crippen LogP contribution in [0.25, 0.3) is 59.6 Å². The lowest BCUT2D eigenvalue weighted by atomic mass is 9.82. The molecule has 1 unspecified atom stereocenters. The van der Waals surface area contributed by atoms with Crippen molar-refractivity contribution in [1.82, 2.24) is 4.40 Å². The molecule has 0 amide bonds. The summed E-state index contributed by atoms with van der Waals surface area (Å²) >= 11 is 0. The van der Waals surface area contributed by atoms with Gasteiger partial charge < -0.3 is 14.2 Å². The molecule has 1 aliphatic carbocycles. The highest BCUT2D eigenvalue weighted by Gasteiger charge is 2.32. The van der Waals surface area contributed by atoms with Gasteiger partial charge in [-0.15, -0.1) is 0 Å². The van der Waals surface area contributed by atoms with Crippen molar-refractivity contribution in [3.05, 3.63) is 192 Å². The van der Waals surface area contributed by atoms with Gasteiger partial charge in [-0.3, -0.25) is 0 Å². The maximum Gasteiger partial charge on any atom is 0.0640 e. The minimum atomic E-state index is 0.0342. The highest BCUT2D eigenvalue weighted by molar-refractivity contribution is 6.33. The van der Waals surface area contributed by atoms with Crippen LogP contribution in [0.1, 0.15) is 106 Å². The molecule has 0 fully saturated rings. The molecule has 0 radical (unpaired) electrons. The number of nitrogens with zero attached hydrogens (tertiary/aromatic N) is 3. The van der Waals surface area contributed by atoms with Crippen LogP contribution in [0.4, 0.5) is 28.4 Å². The van der Waals surface area contributed by atoms with Gasteiger partial charge in [0, 0.05) is 49.4 Å². The van der Waals surface area contributed by atoms with Gasteiger partial charge in [0.05, 0.1) is 34.0 Å². The molecule has 0 saturated heterocycles. The number of allylic oxidation sites excluding steroid dienone is 2. The Morgan fingerprint density at radius 1 is 0.435 bits per heavy atom. The maximum absolute atomic E-state index is 2.67. The molecule has 0 saturated carbocycles. The van der Waals surface area contributed by atoms with E-state index in [1.807, 2.05) is 0 Å². The number of rotatable bonds is 6. The second kappa shape index (κ2) is 15.9. The maximum atomic E-state index is 2.67. The van der Waals surface area contributed by atoms with Gasteiger partial charge in [0.25, 0.3) is 0 Å². The first-order chi connectivity index (χ1) is 32.8. The van der Waals surface area contributed by atoms with Crippen LogP contribution in [0.2, 0.25) is 0 Å². The van der Waals surface area contributed by atoms with E-state index in [4.69, 9.17) is 0 Å². The largest absolute Gasteiger partial charge is 0.333 e. The third kappa shape index (κ3) is 7.48. The fourth-order valence-corrected chi connectivity index (χ4v) is 11.1. The zero-order chi connectivity index (χ0) is 48.4. The van der Waals surface area contributed by atoms with Gasteiger partial charge in [-0.2, -0.15) is 0 Å². The molecule has 3 nitrogen and oxygen atoms in total. The first kappa shape index (κ1) is 44.7. The Hall–Kier alpha value is -6.84. The Kier molecular flexibility index (Phi) is 10.3. The summed E-state index contributed by atoms with van der Waals surface area (Å²) < 4.78 is 2.61. The molecule has 346 valence electrons. The predicted octanol–water partition coefficient (Wildman–Crippen LogP) is 18.9. The molecule has 8 aromatic carbocycles. The van der Waals surface area contributed by atoms with Gasteiger partial charge in [0.1, 0.15) is 0 Å². The molecule has 2 heterocycles. The summed E-state index contributed by atoms with van der Waals surface area (Å²) in [6.07, 6.45) is 8.25. The Bertz CT molecular complexity index is 3590. The summed E-state index contributed by atoms with van der Waals surface area (Å²) in [7, 11) is 0. The van der Waals surface area contributed by atoms with Crippen LogP contribution in [0.15, 0.2) is 175 Å². The fraction of sp³-hybridized carbons (Fsp3) is 0.273. The minimum Gasteiger partial charge on any atom is -0.333 e. The van der Waals surface area contributed by atoms with Crippen molar-refractivity contribution in [3.8, 4) is 0 Å². The van der Waals surface area contributed by atoms with E-state index in [0.717, 1.165) is 17.8 Å². The first-order valence-electron chi connectivity index (χ1n) is 25.1. The molecule has 69 heavy (non-hydrogen) atoms. The van der Waals surface area contributed by atoms with Crippen LogP contribution >= 0.6 is 0 Å². The van der Waals surface area contributed by atoms with Crippen molar-refractivity contribution in [2.45, 2.75) is 112 Å². The van der Waals surface area contributed by atoms with E-state index < -0.39 is 0 Å². The number of hydrogen-bond donors (Lipinski definition) is 0. The molecule has 2 aromatic heterocycles. The Morgan fingerprint density at radius 2 is 0.855 bits per heavy atom. The normalized spacial score (nSPS) is 15.1. The summed E-state index contributed by atoms with van der Waals surface area (Å²) in [5.74, 6) is 0. The Labute approximate surface area is 409 Å². The van der Waals surface area contributed by atoms with Gasteiger partial charge in [-0.05, 0) is 110 Å². The fourth-order valence-electron chi connectivity index (χ4n) is 11.1. The van der Waals surface area contributed by atoms with Crippen molar-refractivity contribution >= 4 is 88.1 Å². The number of aromatic nitrogens is 1. The van der Waals surface area contributed by atoms with Crippen LogP contribution in [-0.2, 0) is 16.2 Å². The monoisotopic (exact) mass is 902 g/mol. The average molecular weight is 902 g/mol. The van der Waals surface area contributed by atoms with Crippen molar-refractivity contribution < 1.29 is 0 Å². The molecule has 11 rings (SSSR count). The van der Waals surface area contributed by atoms with Crippen molar-refractivity contribution in [1.29, 1.82) is 0 Å². The molecule has 0 bridgehead atoms. The summed E-state index contributed by atoms with van der Waals surface area (Å²) in [4.78, 5) is 5.20. The number of fused-ring (bicyclic) bond motifs is 8. The molecule has 3 heteroatoms. The lowest BCUT2D eigenvalue weighted by Gasteiger charge is -2.36. The molecule has 10 aromatic rings. The molecule has 1 atom stereocenters. The Balaban J connectivity index is 1.24. The number of anilines is 5. The highest BCUT2D eigenvalue weighted by atomic mass is 15.2. The summed E-state index contributed by atoms with van der Waals surface area (Å²) in [5, 5.41) is 10.0. The summed E-state index contributed by atoms with van der Waals surface area (Å²) in [5.41, 5.74) is 15.2. The first-order valence-corrected chi connectivity index (χ1v) is 25.1. The van der Waals surface area contributed by atoms with Crippen LogP contribution in [0, 0.1) is 5.41 Å². The van der Waals surface area contributed by atoms with Gasteiger partial charge in [-0.1, -0.05) is 204 Å². The van der Waals surface area contributed by atoms with E-state index in [9.17, 15) is 0 Å². The molecule has 0 N–H and O–H groups in total. The highest BCUT2D eigenvalue weighted by Crippen LogP contribution is 2.53. The third-order valence-electron chi connectivity index (χ3n) is 15.0. The van der Waals surface area contributed by atoms with Gasteiger partial charge >= 0.3 is 0 Å². The van der Waals surface area contributed by atoms with Crippen LogP contribution in [0.5, 0.6) is 0 Å². The SMILES string of the molecule is CC(C)(C)C1=CCC(N(c2ccc(C(C)(C)C)cc2)c2c3ccccc3cc3c2c2cccc4c5c(N(c6ccc(C(C)(C)C)cc6)c6ccc(C(C)(C)C)cc6)c6ccccc6cc5n3c42)C=C1. The lowest BCUT2D eigenvalue weighted by molar-refractivity contribution is 0.510. The topological polar surface area (TPSA) is 10.9 Å². The molecule has 1 aliphatic rings. The van der Waals surface area contributed by atoms with Crippen LogP contribution < -0.4 is 9.80 Å². The van der Waals surface area contributed by atoms with Gasteiger partial charge in [0.2, 0.25) is 0 Å². The standard InChI is InChI=1S/C66H67N3/c1-63(2,3)44-24-32-48(33-25-44)67(49-34-26-45(27-35-49)64(4,5)6)61-52-20-15-13-18-42(52)40-56-58(61)54-22-17-23-55-59-57(69(56)60(54)55)41-43-19-14-16-21-53(43)62(59)68(50-36-28-46(29-37-50)65(7,8)9)51-38-30-47(31-39-51)66(10,11)12/h13-38,40-41,51H,39H2,1-12H3. The molecular formula is C66H67N3. The van der Waals surface area contributed by atoms with E-state index >= 15 is 0 Å². The van der Waals surface area contributed by atoms with E-state index in [2.05, 4.69) is 267 Å². The van der Waals surface area contributed by atoms with Gasteiger partial charge in [-0.25, -0.2) is 0 Å². The summed E-state index contributed by atoms with van der Waals surface area (Å²) in [6.45, 7) is 27.7. The molecule has 0 spiro atoms. The number of para-hydroxylation sites is 1. The predicted molar refractivity (Wildman–Crippen MR) is 301 cm³/mol. The van der Waals surface area contributed by atoms with E-state index in [0.29, 0.717) is 0 Å². The minimum absolute atomic E-state index is 0.0342. The second-order valence-electron chi connectivity index (χ2n) is 23.9. The van der Waals surface area contributed by atoms with Crippen molar-refractivity contribution in [2.75, 3.05) is 9.80 Å². The van der Waals surface area contributed by atoms with Crippen LogP contribution in [-0.4, -0.2) is 10.4 Å². The molecular weight excluding hydrogens is 835 g/mol. The number of hydrogen-bond acceptors (Lipinski definition) is 2. The van der Waals surface area contributed by atoms with E-state index in [1.165, 1.54) is 99.0 Å². The lowest BCUT2D eigenvalue weighted by Crippen LogP contribution is -2.31. The quantitative estimate of drug-likeness (QED) is 0.165. The van der Waals surface area contributed by atoms with E-state index in [1.54, 1.807) is 0 Å². The average Bonchev–Trinajstić information content (AvgIpc) is 3.83. The van der Waals surface area contributed by atoms with E-state index in [-0.39, 0.29) is 27.7 Å².